The first-order valence-corrected chi connectivity index (χ1v) is 9.16. The minimum absolute atomic E-state index is 0.178. The number of benzene rings is 1. The van der Waals surface area contributed by atoms with Gasteiger partial charge in [-0.3, -0.25) is 4.79 Å². The van der Waals surface area contributed by atoms with Gasteiger partial charge in [0.1, 0.15) is 10.7 Å². The summed E-state index contributed by atoms with van der Waals surface area (Å²) in [5, 5.41) is 13.2. The van der Waals surface area contributed by atoms with Crippen molar-refractivity contribution < 1.29 is 0 Å². The highest BCUT2D eigenvalue weighted by Gasteiger charge is 2.18. The Labute approximate surface area is 158 Å². The summed E-state index contributed by atoms with van der Waals surface area (Å²) in [4.78, 5) is 23.9. The standard InChI is InChI=1S/C13H7Cl2N7OS2/c1-22-12(19-20-21-22)25-11-10(9-4-16-13(23)24-9)17-7-2-5(14)6(15)3-8(7)18-11/h2-4H,1H3,(H,16,23). The Balaban J connectivity index is 1.95. The second kappa shape index (κ2) is 6.37. The number of aromatic amines is 1. The summed E-state index contributed by atoms with van der Waals surface area (Å²) in [5.41, 5.74) is 1.70. The van der Waals surface area contributed by atoms with E-state index in [2.05, 4.69) is 30.5 Å². The van der Waals surface area contributed by atoms with Gasteiger partial charge in [-0.1, -0.05) is 34.5 Å². The first-order chi connectivity index (χ1) is 12.0. The molecule has 4 rings (SSSR count). The molecule has 25 heavy (non-hydrogen) atoms. The summed E-state index contributed by atoms with van der Waals surface area (Å²) in [6.45, 7) is 0. The van der Waals surface area contributed by atoms with E-state index in [1.165, 1.54) is 16.4 Å². The molecule has 1 aromatic carbocycles. The number of tetrazole rings is 1. The van der Waals surface area contributed by atoms with Crippen molar-refractivity contribution in [2.75, 3.05) is 0 Å². The molecule has 0 radical (unpaired) electrons. The first kappa shape index (κ1) is 16.5. The van der Waals surface area contributed by atoms with Gasteiger partial charge in [0.25, 0.3) is 0 Å². The van der Waals surface area contributed by atoms with Crippen molar-refractivity contribution in [3.63, 3.8) is 0 Å². The molecule has 1 N–H and O–H groups in total. The van der Waals surface area contributed by atoms with Crippen LogP contribution >= 0.6 is 46.3 Å². The maximum Gasteiger partial charge on any atom is 0.305 e. The molecule has 3 heterocycles. The van der Waals surface area contributed by atoms with Crippen LogP contribution in [0.5, 0.6) is 0 Å². The van der Waals surface area contributed by atoms with Gasteiger partial charge in [0.05, 0.1) is 26.0 Å². The van der Waals surface area contributed by atoms with Crippen molar-refractivity contribution in [1.82, 2.24) is 35.2 Å². The van der Waals surface area contributed by atoms with E-state index < -0.39 is 0 Å². The van der Waals surface area contributed by atoms with Crippen LogP contribution in [0.3, 0.4) is 0 Å². The predicted octanol–water partition coefficient (Wildman–Crippen LogP) is 3.03. The number of nitrogens with zero attached hydrogens (tertiary/aromatic N) is 6. The summed E-state index contributed by atoms with van der Waals surface area (Å²) in [6.07, 6.45) is 1.60. The molecule has 0 bridgehead atoms. The van der Waals surface area contributed by atoms with Gasteiger partial charge in [0.15, 0.2) is 0 Å². The number of thiazole rings is 1. The van der Waals surface area contributed by atoms with Crippen LogP contribution in [0.1, 0.15) is 0 Å². The second-order valence-corrected chi connectivity index (χ2v) is 7.65. The fourth-order valence-corrected chi connectivity index (χ4v) is 3.93. The molecule has 4 aromatic rings. The average Bonchev–Trinajstić information content (AvgIpc) is 3.17. The lowest BCUT2D eigenvalue weighted by atomic mass is 10.3. The molecule has 0 saturated heterocycles. The number of hydrogen-bond donors (Lipinski definition) is 1. The summed E-state index contributed by atoms with van der Waals surface area (Å²) in [6, 6.07) is 3.29. The zero-order valence-corrected chi connectivity index (χ0v) is 15.5. The molecule has 0 atom stereocenters. The van der Waals surface area contributed by atoms with Crippen molar-refractivity contribution >= 4 is 57.3 Å². The lowest BCUT2D eigenvalue weighted by Crippen LogP contribution is -1.97. The molecule has 0 fully saturated rings. The van der Waals surface area contributed by atoms with E-state index in [9.17, 15) is 4.79 Å². The Morgan fingerprint density at radius 2 is 1.92 bits per heavy atom. The van der Waals surface area contributed by atoms with Crippen molar-refractivity contribution in [3.8, 4) is 10.6 Å². The Morgan fingerprint density at radius 3 is 2.52 bits per heavy atom. The maximum absolute atomic E-state index is 11.5. The highest BCUT2D eigenvalue weighted by molar-refractivity contribution is 7.99. The van der Waals surface area contributed by atoms with Gasteiger partial charge in [-0.05, 0) is 34.3 Å². The first-order valence-electron chi connectivity index (χ1n) is 6.77. The molecule has 0 aliphatic heterocycles. The molecule has 0 amide bonds. The van der Waals surface area contributed by atoms with E-state index in [0.717, 1.165) is 11.3 Å². The zero-order chi connectivity index (χ0) is 17.6. The summed E-state index contributed by atoms with van der Waals surface area (Å²) in [7, 11) is 1.72. The highest BCUT2D eigenvalue weighted by Crippen LogP contribution is 2.36. The van der Waals surface area contributed by atoms with Gasteiger partial charge >= 0.3 is 4.87 Å². The number of halogens is 2. The van der Waals surface area contributed by atoms with Crippen LogP contribution in [0.25, 0.3) is 21.6 Å². The zero-order valence-electron chi connectivity index (χ0n) is 12.4. The number of rotatable bonds is 3. The molecule has 0 unspecified atom stereocenters. The summed E-state index contributed by atoms with van der Waals surface area (Å²) >= 11 is 14.4. The molecule has 0 saturated carbocycles. The number of aromatic nitrogens is 7. The smallest absolute Gasteiger partial charge is 0.305 e. The number of aryl methyl sites for hydroxylation is 1. The topological polar surface area (TPSA) is 102 Å². The van der Waals surface area contributed by atoms with E-state index in [4.69, 9.17) is 23.2 Å². The van der Waals surface area contributed by atoms with Crippen molar-refractivity contribution in [2.45, 2.75) is 10.2 Å². The van der Waals surface area contributed by atoms with Crippen LogP contribution in [0.2, 0.25) is 10.0 Å². The van der Waals surface area contributed by atoms with E-state index in [1.807, 2.05) is 0 Å². The SMILES string of the molecule is Cn1nnnc1Sc1nc2cc(Cl)c(Cl)cc2nc1-c1c[nH]c(=O)s1. The lowest BCUT2D eigenvalue weighted by Gasteiger charge is -2.08. The average molecular weight is 412 g/mol. The van der Waals surface area contributed by atoms with Crippen molar-refractivity contribution in [1.29, 1.82) is 0 Å². The van der Waals surface area contributed by atoms with Crippen LogP contribution in [-0.4, -0.2) is 35.2 Å². The Morgan fingerprint density at radius 1 is 1.20 bits per heavy atom. The van der Waals surface area contributed by atoms with E-state index >= 15 is 0 Å². The Bertz CT molecular complexity index is 1150. The summed E-state index contributed by atoms with van der Waals surface area (Å²) < 4.78 is 1.52. The molecule has 0 aliphatic carbocycles. The van der Waals surface area contributed by atoms with E-state index in [1.54, 1.807) is 25.4 Å². The second-order valence-electron chi connectivity index (χ2n) is 4.86. The summed E-state index contributed by atoms with van der Waals surface area (Å²) in [5.74, 6) is 0. The normalized spacial score (nSPS) is 11.3. The van der Waals surface area contributed by atoms with Crippen molar-refractivity contribution in [2.24, 2.45) is 7.05 Å². The number of nitrogens with one attached hydrogen (secondary N) is 1. The number of fused-ring (bicyclic) bond motifs is 1. The van der Waals surface area contributed by atoms with Crippen LogP contribution in [0, 0.1) is 0 Å². The van der Waals surface area contributed by atoms with Gasteiger partial charge in [-0.2, -0.15) is 0 Å². The molecule has 0 aliphatic rings. The fourth-order valence-electron chi connectivity index (χ4n) is 2.06. The Hall–Kier alpha value is -2.01. The lowest BCUT2D eigenvalue weighted by molar-refractivity contribution is 0.664. The van der Waals surface area contributed by atoms with Gasteiger partial charge in [-0.25, -0.2) is 14.6 Å². The molecule has 0 spiro atoms. The van der Waals surface area contributed by atoms with Crippen LogP contribution < -0.4 is 4.87 Å². The minimum Gasteiger partial charge on any atom is -0.319 e. The van der Waals surface area contributed by atoms with Crippen LogP contribution in [0.15, 0.2) is 33.3 Å². The molecule has 12 heteroatoms. The Kier molecular flexibility index (Phi) is 4.20. The van der Waals surface area contributed by atoms with Crippen LogP contribution in [-0.2, 0) is 7.05 Å². The number of H-pyrrole nitrogens is 1. The molecule has 8 nitrogen and oxygen atoms in total. The molecular formula is C13H7Cl2N7OS2. The number of hydrogen-bond acceptors (Lipinski definition) is 8. The maximum atomic E-state index is 11.5. The third-order valence-corrected chi connectivity index (χ3v) is 5.76. The largest absolute Gasteiger partial charge is 0.319 e. The van der Waals surface area contributed by atoms with Crippen molar-refractivity contribution in [3.05, 3.63) is 38.0 Å². The van der Waals surface area contributed by atoms with E-state index in [-0.39, 0.29) is 4.87 Å². The van der Waals surface area contributed by atoms with Gasteiger partial charge in [0, 0.05) is 13.2 Å². The molecular weight excluding hydrogens is 405 g/mol. The van der Waals surface area contributed by atoms with Gasteiger partial charge < -0.3 is 4.98 Å². The third-order valence-electron chi connectivity index (χ3n) is 3.20. The minimum atomic E-state index is -0.178. The third kappa shape index (κ3) is 3.13. The van der Waals surface area contributed by atoms with E-state index in [0.29, 0.717) is 41.8 Å². The van der Waals surface area contributed by atoms with Gasteiger partial charge in [-0.15, -0.1) is 5.10 Å². The molecule has 126 valence electrons. The monoisotopic (exact) mass is 411 g/mol. The van der Waals surface area contributed by atoms with Crippen LogP contribution in [0.4, 0.5) is 0 Å². The molecule has 3 aromatic heterocycles. The highest BCUT2D eigenvalue weighted by atomic mass is 35.5. The predicted molar refractivity (Wildman–Crippen MR) is 96.4 cm³/mol. The van der Waals surface area contributed by atoms with Gasteiger partial charge in [0.2, 0.25) is 5.16 Å². The fraction of sp³-hybridized carbons (Fsp3) is 0.0769. The quantitative estimate of drug-likeness (QED) is 0.552.